The molecule has 166 valence electrons. The number of rotatable bonds is 6. The third-order valence-electron chi connectivity index (χ3n) is 4.56. The monoisotopic (exact) mass is 463 g/mol. The van der Waals surface area contributed by atoms with Crippen molar-refractivity contribution in [3.05, 3.63) is 78.8 Å². The standard InChI is InChI=1S/C21H17N7O4S/c1-14-19(21(30)28(26-14)20(29)15-9-12-22-13-10-15)25-24-16-5-7-17(8-6-16)33(31,32)27-18-4-2-3-11-23-18/h2-13,19H,1H3,(H,23,27). The number of carbonyl (C=O) groups is 2. The van der Waals surface area contributed by atoms with Crippen LogP contribution in [0.1, 0.15) is 17.3 Å². The molecular formula is C21H17N7O4S. The maximum atomic E-state index is 12.6. The Kier molecular flexibility index (Phi) is 6.00. The van der Waals surface area contributed by atoms with Gasteiger partial charge in [-0.25, -0.2) is 13.4 Å². The number of hydrogen-bond acceptors (Lipinski definition) is 9. The van der Waals surface area contributed by atoms with Crippen molar-refractivity contribution in [2.24, 2.45) is 15.3 Å². The minimum absolute atomic E-state index is 0.0101. The van der Waals surface area contributed by atoms with Gasteiger partial charge in [0.25, 0.3) is 21.8 Å². The number of benzene rings is 1. The van der Waals surface area contributed by atoms with E-state index in [1.54, 1.807) is 19.1 Å². The molecule has 1 N–H and O–H groups in total. The third kappa shape index (κ3) is 4.80. The van der Waals surface area contributed by atoms with Crippen molar-refractivity contribution in [1.82, 2.24) is 15.0 Å². The van der Waals surface area contributed by atoms with E-state index in [-0.39, 0.29) is 16.3 Å². The molecule has 3 aromatic rings. The van der Waals surface area contributed by atoms with Crippen molar-refractivity contribution >= 4 is 39.1 Å². The summed E-state index contributed by atoms with van der Waals surface area (Å²) in [6.45, 7) is 1.57. The summed E-state index contributed by atoms with van der Waals surface area (Å²) in [5.74, 6) is -1.02. The lowest BCUT2D eigenvalue weighted by Gasteiger charge is -2.10. The van der Waals surface area contributed by atoms with E-state index in [1.165, 1.54) is 61.1 Å². The van der Waals surface area contributed by atoms with E-state index in [0.717, 1.165) is 5.01 Å². The molecule has 0 saturated heterocycles. The van der Waals surface area contributed by atoms with Crippen molar-refractivity contribution < 1.29 is 18.0 Å². The lowest BCUT2D eigenvalue weighted by Crippen LogP contribution is -2.34. The highest BCUT2D eigenvalue weighted by atomic mass is 32.2. The van der Waals surface area contributed by atoms with Crippen LogP contribution in [-0.2, 0) is 14.8 Å². The van der Waals surface area contributed by atoms with E-state index in [2.05, 4.69) is 30.0 Å². The largest absolute Gasteiger partial charge is 0.282 e. The van der Waals surface area contributed by atoms with Crippen LogP contribution in [-0.4, -0.2) is 47.0 Å². The number of aromatic nitrogens is 2. The number of carbonyl (C=O) groups excluding carboxylic acids is 2. The smallest absolute Gasteiger partial charge is 0.269 e. The molecule has 1 unspecified atom stereocenters. The van der Waals surface area contributed by atoms with Crippen molar-refractivity contribution in [1.29, 1.82) is 0 Å². The molecule has 0 bridgehead atoms. The summed E-state index contributed by atoms with van der Waals surface area (Å²) in [5.41, 5.74) is 0.903. The average molecular weight is 463 g/mol. The van der Waals surface area contributed by atoms with Gasteiger partial charge in [-0.15, -0.1) is 0 Å². The van der Waals surface area contributed by atoms with Crippen LogP contribution in [0.5, 0.6) is 0 Å². The van der Waals surface area contributed by atoms with Crippen LogP contribution in [0.15, 0.2) is 93.4 Å². The summed E-state index contributed by atoms with van der Waals surface area (Å²) < 4.78 is 27.3. The normalized spacial score (nSPS) is 16.2. The van der Waals surface area contributed by atoms with Crippen LogP contribution in [0.4, 0.5) is 11.5 Å². The second-order valence-electron chi connectivity index (χ2n) is 6.86. The summed E-state index contributed by atoms with van der Waals surface area (Å²) in [5, 5.41) is 12.8. The molecule has 0 spiro atoms. The Labute approximate surface area is 189 Å². The second-order valence-corrected chi connectivity index (χ2v) is 8.55. The maximum Gasteiger partial charge on any atom is 0.282 e. The number of sulfonamides is 1. The van der Waals surface area contributed by atoms with E-state index < -0.39 is 27.9 Å². The minimum Gasteiger partial charge on any atom is -0.269 e. The predicted octanol–water partition coefficient (Wildman–Crippen LogP) is 2.79. The molecule has 0 aliphatic carbocycles. The topological polar surface area (TPSA) is 146 Å². The van der Waals surface area contributed by atoms with Crippen molar-refractivity contribution in [3.63, 3.8) is 0 Å². The maximum absolute atomic E-state index is 12.6. The first-order valence-electron chi connectivity index (χ1n) is 9.63. The van der Waals surface area contributed by atoms with Gasteiger partial charge < -0.3 is 0 Å². The lowest BCUT2D eigenvalue weighted by molar-refractivity contribution is -0.127. The molecule has 2 amide bonds. The molecule has 11 nitrogen and oxygen atoms in total. The van der Waals surface area contributed by atoms with Crippen molar-refractivity contribution in [2.75, 3.05) is 4.72 Å². The molecule has 1 atom stereocenters. The Hall–Kier alpha value is -4.32. The highest BCUT2D eigenvalue weighted by Crippen LogP contribution is 2.21. The molecular weight excluding hydrogens is 446 g/mol. The Morgan fingerprint density at radius 2 is 1.76 bits per heavy atom. The molecule has 0 fully saturated rings. The SMILES string of the molecule is CC1=NN(C(=O)c2ccncc2)C(=O)C1N=Nc1ccc(S(=O)(=O)Nc2ccccn2)cc1. The third-order valence-corrected chi connectivity index (χ3v) is 5.93. The van der Waals surface area contributed by atoms with E-state index in [9.17, 15) is 18.0 Å². The molecule has 4 rings (SSSR count). The van der Waals surface area contributed by atoms with Crippen LogP contribution in [0, 0.1) is 0 Å². The zero-order valence-corrected chi connectivity index (χ0v) is 18.0. The van der Waals surface area contributed by atoms with E-state index in [4.69, 9.17) is 0 Å². The van der Waals surface area contributed by atoms with Crippen molar-refractivity contribution in [2.45, 2.75) is 17.9 Å². The quantitative estimate of drug-likeness (QED) is 0.439. The average Bonchev–Trinajstić information content (AvgIpc) is 3.11. The summed E-state index contributed by atoms with van der Waals surface area (Å²) in [6, 6.07) is 12.4. The Morgan fingerprint density at radius 3 is 2.42 bits per heavy atom. The molecule has 0 saturated carbocycles. The first-order chi connectivity index (χ1) is 15.8. The number of hydrazone groups is 1. The first kappa shape index (κ1) is 21.9. The van der Waals surface area contributed by atoms with Crippen LogP contribution in [0.25, 0.3) is 0 Å². The molecule has 0 radical (unpaired) electrons. The summed E-state index contributed by atoms with van der Waals surface area (Å²) >= 11 is 0. The molecule has 2 aromatic heterocycles. The van der Waals surface area contributed by atoms with Gasteiger partial charge in [0.05, 0.1) is 16.3 Å². The van der Waals surface area contributed by atoms with E-state index in [1.807, 2.05) is 0 Å². The number of imide groups is 1. The van der Waals surface area contributed by atoms with Crippen LogP contribution >= 0.6 is 0 Å². The molecule has 1 aromatic carbocycles. The fraction of sp³-hybridized carbons (Fsp3) is 0.0952. The Bertz CT molecular complexity index is 1340. The van der Waals surface area contributed by atoms with Gasteiger partial charge in [0.15, 0.2) is 6.04 Å². The Balaban J connectivity index is 1.45. The van der Waals surface area contributed by atoms with Gasteiger partial charge in [-0.1, -0.05) is 6.07 Å². The minimum atomic E-state index is -3.83. The van der Waals surface area contributed by atoms with Gasteiger partial charge in [0.2, 0.25) is 0 Å². The van der Waals surface area contributed by atoms with Gasteiger partial charge in [-0.05, 0) is 55.5 Å². The zero-order chi connectivity index (χ0) is 23.4. The number of amides is 2. The molecule has 12 heteroatoms. The zero-order valence-electron chi connectivity index (χ0n) is 17.2. The molecule has 1 aliphatic heterocycles. The van der Waals surface area contributed by atoms with Gasteiger partial charge >= 0.3 is 0 Å². The molecule has 33 heavy (non-hydrogen) atoms. The highest BCUT2D eigenvalue weighted by molar-refractivity contribution is 7.92. The fourth-order valence-electron chi connectivity index (χ4n) is 2.89. The predicted molar refractivity (Wildman–Crippen MR) is 118 cm³/mol. The lowest BCUT2D eigenvalue weighted by atomic mass is 10.2. The van der Waals surface area contributed by atoms with E-state index >= 15 is 0 Å². The first-order valence-corrected chi connectivity index (χ1v) is 11.1. The number of pyridine rings is 2. The Morgan fingerprint density at radius 1 is 1.03 bits per heavy atom. The number of nitrogens with zero attached hydrogens (tertiary/aromatic N) is 6. The van der Waals surface area contributed by atoms with Gasteiger partial charge in [0.1, 0.15) is 5.82 Å². The molecule has 3 heterocycles. The van der Waals surface area contributed by atoms with Crippen LogP contribution < -0.4 is 4.72 Å². The summed E-state index contributed by atoms with van der Waals surface area (Å²) in [4.78, 5) is 32.9. The van der Waals surface area contributed by atoms with Crippen LogP contribution in [0.3, 0.4) is 0 Å². The van der Waals surface area contributed by atoms with Gasteiger partial charge in [0, 0.05) is 24.2 Å². The molecule has 1 aliphatic rings. The number of anilines is 1. The van der Waals surface area contributed by atoms with Gasteiger partial charge in [-0.2, -0.15) is 20.3 Å². The van der Waals surface area contributed by atoms with E-state index in [0.29, 0.717) is 11.4 Å². The van der Waals surface area contributed by atoms with Crippen LogP contribution in [0.2, 0.25) is 0 Å². The van der Waals surface area contributed by atoms with Gasteiger partial charge in [-0.3, -0.25) is 19.3 Å². The second kappa shape index (κ2) is 9.04. The number of azo groups is 1. The number of hydrogen-bond donors (Lipinski definition) is 1. The fourth-order valence-corrected chi connectivity index (χ4v) is 3.90. The number of nitrogens with one attached hydrogen (secondary N) is 1. The highest BCUT2D eigenvalue weighted by Gasteiger charge is 2.38. The van der Waals surface area contributed by atoms with Crippen molar-refractivity contribution in [3.8, 4) is 0 Å². The summed E-state index contributed by atoms with van der Waals surface area (Å²) in [7, 11) is -3.83. The summed E-state index contributed by atoms with van der Waals surface area (Å²) in [6.07, 6.45) is 4.36.